The summed E-state index contributed by atoms with van der Waals surface area (Å²) in [5.41, 5.74) is 0.824. The minimum absolute atomic E-state index is 0.113. The number of unbranched alkanes of at least 4 members (excludes halogenated alkanes) is 1. The van der Waals surface area contributed by atoms with Gasteiger partial charge in [-0.1, -0.05) is 64.0 Å². The van der Waals surface area contributed by atoms with E-state index in [0.717, 1.165) is 42.1 Å². The molecule has 2 nitrogen and oxygen atoms in total. The molecule has 0 aromatic heterocycles. The Labute approximate surface area is 225 Å². The maximum absolute atomic E-state index is 14.7. The molecule has 0 N–H and O–H groups in total. The summed E-state index contributed by atoms with van der Waals surface area (Å²) in [5.74, 6) is 3.32. The highest BCUT2D eigenvalue weighted by molar-refractivity contribution is 5.32. The van der Waals surface area contributed by atoms with Crippen molar-refractivity contribution in [1.82, 2.24) is 0 Å². The van der Waals surface area contributed by atoms with Crippen molar-refractivity contribution in [3.8, 4) is 11.5 Å². The first-order valence-electron chi connectivity index (χ1n) is 14.5. The minimum atomic E-state index is -3.53. The maximum atomic E-state index is 14.7. The van der Waals surface area contributed by atoms with Crippen LogP contribution in [-0.4, -0.2) is 6.61 Å². The summed E-state index contributed by atoms with van der Waals surface area (Å²) in [7, 11) is 0. The summed E-state index contributed by atoms with van der Waals surface area (Å²) in [6.45, 7) is -0.683. The highest BCUT2D eigenvalue weighted by atomic mass is 19.3. The summed E-state index contributed by atoms with van der Waals surface area (Å²) < 4.78 is 62.9. The summed E-state index contributed by atoms with van der Waals surface area (Å²) in [5, 5.41) is 0. The van der Waals surface area contributed by atoms with Gasteiger partial charge in [0.15, 0.2) is 0 Å². The monoisotopic (exact) mass is 534 g/mol. The number of aryl methyl sites for hydroxylation is 1. The van der Waals surface area contributed by atoms with Crippen molar-refractivity contribution in [2.75, 3.05) is 0 Å². The third kappa shape index (κ3) is 8.38. The zero-order chi connectivity index (χ0) is 27.0. The molecule has 0 radical (unpaired) electrons. The minimum Gasteiger partial charge on any atom is -0.435 e. The Morgan fingerprint density at radius 1 is 0.737 bits per heavy atom. The SMILES string of the molecule is CCCC[C@H]1CC[C@H](C2CCC(CCc3ccc(C(F)(F)Oc4ccc(OC(F)F)cc4)cc3)CC2)CC1. The van der Waals surface area contributed by atoms with Crippen LogP contribution in [-0.2, 0) is 12.5 Å². The molecular formula is C32H42F4O2. The van der Waals surface area contributed by atoms with Crippen molar-refractivity contribution in [1.29, 1.82) is 0 Å². The Bertz CT molecular complexity index is 944. The molecule has 0 aliphatic heterocycles. The quantitative estimate of drug-likeness (QED) is 0.252. The molecule has 2 aromatic carbocycles. The molecule has 2 aromatic rings. The molecule has 6 heteroatoms. The second kappa shape index (κ2) is 13.7. The topological polar surface area (TPSA) is 18.5 Å². The van der Waals surface area contributed by atoms with Crippen LogP contribution in [0.1, 0.15) is 95.1 Å². The van der Waals surface area contributed by atoms with E-state index in [9.17, 15) is 17.6 Å². The fraction of sp³-hybridized carbons (Fsp3) is 0.625. The van der Waals surface area contributed by atoms with Gasteiger partial charge >= 0.3 is 12.7 Å². The molecule has 2 fully saturated rings. The fourth-order valence-corrected chi connectivity index (χ4v) is 6.52. The van der Waals surface area contributed by atoms with Gasteiger partial charge < -0.3 is 9.47 Å². The Balaban J connectivity index is 1.18. The van der Waals surface area contributed by atoms with E-state index in [-0.39, 0.29) is 17.1 Å². The summed E-state index contributed by atoms with van der Waals surface area (Å²) >= 11 is 0. The van der Waals surface area contributed by atoms with Crippen molar-refractivity contribution >= 4 is 0 Å². The molecule has 0 saturated heterocycles. The normalized spacial score (nSPS) is 24.4. The molecular weight excluding hydrogens is 492 g/mol. The molecule has 2 aliphatic rings. The first-order valence-corrected chi connectivity index (χ1v) is 14.5. The van der Waals surface area contributed by atoms with Gasteiger partial charge in [0.05, 0.1) is 5.56 Å². The number of hydrogen-bond donors (Lipinski definition) is 0. The lowest BCUT2D eigenvalue weighted by atomic mass is 9.68. The van der Waals surface area contributed by atoms with E-state index in [1.54, 1.807) is 12.1 Å². The van der Waals surface area contributed by atoms with Gasteiger partial charge in [-0.3, -0.25) is 0 Å². The molecule has 0 spiro atoms. The maximum Gasteiger partial charge on any atom is 0.426 e. The number of alkyl halides is 4. The third-order valence-electron chi connectivity index (χ3n) is 8.84. The van der Waals surface area contributed by atoms with Gasteiger partial charge in [0.2, 0.25) is 0 Å². The van der Waals surface area contributed by atoms with E-state index in [4.69, 9.17) is 4.74 Å². The lowest BCUT2D eigenvalue weighted by Crippen LogP contribution is -2.26. The number of halogens is 4. The van der Waals surface area contributed by atoms with E-state index in [2.05, 4.69) is 11.7 Å². The van der Waals surface area contributed by atoms with Crippen molar-refractivity contribution in [3.05, 3.63) is 59.7 Å². The second-order valence-electron chi connectivity index (χ2n) is 11.4. The predicted octanol–water partition coefficient (Wildman–Crippen LogP) is 10.2. The first kappa shape index (κ1) is 28.8. The summed E-state index contributed by atoms with van der Waals surface area (Å²) in [6, 6.07) is 11.1. The molecule has 38 heavy (non-hydrogen) atoms. The van der Waals surface area contributed by atoms with Gasteiger partial charge in [0.25, 0.3) is 0 Å². The Morgan fingerprint density at radius 2 is 1.26 bits per heavy atom. The van der Waals surface area contributed by atoms with Crippen LogP contribution in [0.25, 0.3) is 0 Å². The number of ether oxygens (including phenoxy) is 2. The van der Waals surface area contributed by atoms with E-state index < -0.39 is 12.7 Å². The molecule has 2 saturated carbocycles. The van der Waals surface area contributed by atoms with Gasteiger partial charge in [0, 0.05) is 0 Å². The molecule has 0 heterocycles. The van der Waals surface area contributed by atoms with Gasteiger partial charge in [-0.15, -0.1) is 0 Å². The van der Waals surface area contributed by atoms with Crippen LogP contribution >= 0.6 is 0 Å². The Hall–Kier alpha value is -2.24. The Morgan fingerprint density at radius 3 is 1.79 bits per heavy atom. The summed E-state index contributed by atoms with van der Waals surface area (Å²) in [4.78, 5) is 0. The average molecular weight is 535 g/mol. The van der Waals surface area contributed by atoms with Gasteiger partial charge in [-0.25, -0.2) is 0 Å². The summed E-state index contributed by atoms with van der Waals surface area (Å²) in [6.07, 6.45) is 13.6. The number of rotatable bonds is 12. The third-order valence-corrected chi connectivity index (χ3v) is 8.84. The first-order chi connectivity index (χ1) is 18.3. The Kier molecular flexibility index (Phi) is 10.4. The van der Waals surface area contributed by atoms with Crippen LogP contribution in [0.4, 0.5) is 17.6 Å². The second-order valence-corrected chi connectivity index (χ2v) is 11.4. The van der Waals surface area contributed by atoms with Gasteiger partial charge in [-0.2, -0.15) is 17.6 Å². The highest BCUT2D eigenvalue weighted by Gasteiger charge is 2.35. The van der Waals surface area contributed by atoms with Gasteiger partial charge in [-0.05, 0) is 104 Å². The van der Waals surface area contributed by atoms with Crippen LogP contribution < -0.4 is 9.47 Å². The van der Waals surface area contributed by atoms with E-state index in [1.807, 2.05) is 0 Å². The van der Waals surface area contributed by atoms with Crippen LogP contribution in [0.3, 0.4) is 0 Å². The van der Waals surface area contributed by atoms with Gasteiger partial charge in [0.1, 0.15) is 11.5 Å². The van der Waals surface area contributed by atoms with Crippen molar-refractivity contribution in [2.24, 2.45) is 23.7 Å². The van der Waals surface area contributed by atoms with Crippen molar-refractivity contribution < 1.29 is 27.0 Å². The van der Waals surface area contributed by atoms with Crippen molar-refractivity contribution in [2.45, 2.75) is 103 Å². The molecule has 2 aliphatic carbocycles. The molecule has 4 rings (SSSR count). The smallest absolute Gasteiger partial charge is 0.426 e. The van der Waals surface area contributed by atoms with Crippen LogP contribution in [0, 0.1) is 23.7 Å². The largest absolute Gasteiger partial charge is 0.435 e. The molecule has 0 unspecified atom stereocenters. The lowest BCUT2D eigenvalue weighted by molar-refractivity contribution is -0.185. The average Bonchev–Trinajstić information content (AvgIpc) is 2.92. The van der Waals surface area contributed by atoms with Crippen LogP contribution in [0.15, 0.2) is 48.5 Å². The van der Waals surface area contributed by atoms with E-state index >= 15 is 0 Å². The molecule has 0 bridgehead atoms. The van der Waals surface area contributed by atoms with Crippen LogP contribution in [0.2, 0.25) is 0 Å². The van der Waals surface area contributed by atoms with E-state index in [1.165, 1.54) is 107 Å². The fourth-order valence-electron chi connectivity index (χ4n) is 6.52. The molecule has 0 amide bonds. The van der Waals surface area contributed by atoms with Crippen molar-refractivity contribution in [3.63, 3.8) is 0 Å². The zero-order valence-electron chi connectivity index (χ0n) is 22.5. The highest BCUT2D eigenvalue weighted by Crippen LogP contribution is 2.43. The standard InChI is InChI=1S/C32H42F4O2/c1-2-3-4-23-7-13-26(14-8-23)27-15-9-24(10-16-27)5-6-25-11-17-28(18-12-25)32(35,36)38-30-21-19-29(20-22-30)37-31(33)34/h11-12,17-24,26-27,31H,2-10,13-16H2,1H3/t23-,24?,26-,27?. The van der Waals surface area contributed by atoms with Crippen LogP contribution in [0.5, 0.6) is 11.5 Å². The lowest BCUT2D eigenvalue weighted by Gasteiger charge is -2.38. The predicted molar refractivity (Wildman–Crippen MR) is 143 cm³/mol. The number of hydrogen-bond acceptors (Lipinski definition) is 2. The molecule has 210 valence electrons. The van der Waals surface area contributed by atoms with E-state index in [0.29, 0.717) is 0 Å². The molecule has 0 atom stereocenters. The zero-order valence-corrected chi connectivity index (χ0v) is 22.5. The number of benzene rings is 2.